The average molecular weight is 266 g/mol. The van der Waals surface area contributed by atoms with Crippen LogP contribution in [0.3, 0.4) is 0 Å². The van der Waals surface area contributed by atoms with E-state index in [2.05, 4.69) is 47.8 Å². The van der Waals surface area contributed by atoms with E-state index < -0.39 is 0 Å². The third kappa shape index (κ3) is 2.31. The van der Waals surface area contributed by atoms with Crippen LogP contribution < -0.4 is 11.3 Å². The van der Waals surface area contributed by atoms with Crippen molar-refractivity contribution in [2.45, 2.75) is 19.5 Å². The summed E-state index contributed by atoms with van der Waals surface area (Å²) in [7, 11) is 0. The molecular weight excluding hydrogens is 248 g/mol. The average Bonchev–Trinajstić information content (AvgIpc) is 2.97. The monoisotopic (exact) mass is 266 g/mol. The van der Waals surface area contributed by atoms with Crippen LogP contribution in [0.5, 0.6) is 0 Å². The van der Waals surface area contributed by atoms with Gasteiger partial charge in [0.15, 0.2) is 0 Å². The fourth-order valence-electron chi connectivity index (χ4n) is 2.47. The molecule has 0 aliphatic rings. The van der Waals surface area contributed by atoms with Crippen LogP contribution in [0.15, 0.2) is 54.9 Å². The van der Waals surface area contributed by atoms with Gasteiger partial charge in [0.2, 0.25) is 0 Å². The minimum Gasteiger partial charge on any atom is -0.273 e. The van der Waals surface area contributed by atoms with Crippen molar-refractivity contribution in [2.75, 3.05) is 0 Å². The highest BCUT2D eigenvalue weighted by atomic mass is 15.3. The standard InChI is InChI=1S/C16H18N4/c1-2-20-11-15(10-18-20)16(19-17)14-8-7-12-5-3-4-6-13(12)9-14/h3-11,16,19H,2,17H2,1H3. The lowest BCUT2D eigenvalue weighted by atomic mass is 9.99. The molecule has 20 heavy (non-hydrogen) atoms. The Bertz CT molecular complexity index is 717. The first-order chi connectivity index (χ1) is 9.81. The largest absolute Gasteiger partial charge is 0.273 e. The molecule has 0 saturated carbocycles. The summed E-state index contributed by atoms with van der Waals surface area (Å²) in [6.07, 6.45) is 3.89. The summed E-state index contributed by atoms with van der Waals surface area (Å²) in [5.41, 5.74) is 5.10. The minimum absolute atomic E-state index is 0.0418. The lowest BCUT2D eigenvalue weighted by Crippen LogP contribution is -2.28. The Kier molecular flexibility index (Phi) is 3.50. The molecule has 0 amide bonds. The Labute approximate surface area is 118 Å². The van der Waals surface area contributed by atoms with Gasteiger partial charge in [-0.1, -0.05) is 36.4 Å². The molecule has 0 fully saturated rings. The van der Waals surface area contributed by atoms with E-state index in [0.717, 1.165) is 17.7 Å². The summed E-state index contributed by atoms with van der Waals surface area (Å²) in [5, 5.41) is 6.76. The van der Waals surface area contributed by atoms with Gasteiger partial charge in [-0.3, -0.25) is 10.5 Å². The SMILES string of the molecule is CCn1cc(C(NN)c2ccc3ccccc3c2)cn1. The van der Waals surface area contributed by atoms with Crippen molar-refractivity contribution in [3.63, 3.8) is 0 Å². The highest BCUT2D eigenvalue weighted by molar-refractivity contribution is 5.83. The molecule has 3 aromatic rings. The van der Waals surface area contributed by atoms with Gasteiger partial charge < -0.3 is 0 Å². The third-order valence-corrected chi connectivity index (χ3v) is 3.58. The number of benzene rings is 2. The predicted octanol–water partition coefficient (Wildman–Crippen LogP) is 2.61. The van der Waals surface area contributed by atoms with E-state index in [1.165, 1.54) is 10.8 Å². The van der Waals surface area contributed by atoms with Crippen LogP contribution >= 0.6 is 0 Å². The van der Waals surface area contributed by atoms with Crippen LogP contribution in [-0.4, -0.2) is 9.78 Å². The van der Waals surface area contributed by atoms with Crippen molar-refractivity contribution in [3.8, 4) is 0 Å². The maximum absolute atomic E-state index is 5.74. The maximum Gasteiger partial charge on any atom is 0.0740 e. The van der Waals surface area contributed by atoms with Crippen molar-refractivity contribution >= 4 is 10.8 Å². The Hall–Kier alpha value is -2.17. The zero-order chi connectivity index (χ0) is 13.9. The number of hydrazine groups is 1. The number of aromatic nitrogens is 2. The summed E-state index contributed by atoms with van der Waals surface area (Å²) in [6, 6.07) is 14.7. The minimum atomic E-state index is -0.0418. The molecule has 1 aromatic heterocycles. The molecule has 0 aliphatic heterocycles. The van der Waals surface area contributed by atoms with Gasteiger partial charge >= 0.3 is 0 Å². The molecule has 1 atom stereocenters. The molecular formula is C16H18N4. The zero-order valence-corrected chi connectivity index (χ0v) is 11.5. The second-order valence-corrected chi connectivity index (χ2v) is 4.84. The summed E-state index contributed by atoms with van der Waals surface area (Å²) >= 11 is 0. The van der Waals surface area contributed by atoms with E-state index in [4.69, 9.17) is 5.84 Å². The van der Waals surface area contributed by atoms with Crippen LogP contribution in [0.2, 0.25) is 0 Å². The van der Waals surface area contributed by atoms with Gasteiger partial charge in [0.1, 0.15) is 0 Å². The Morgan fingerprint density at radius 2 is 1.95 bits per heavy atom. The van der Waals surface area contributed by atoms with Gasteiger partial charge in [0.25, 0.3) is 0 Å². The van der Waals surface area contributed by atoms with Crippen molar-refractivity contribution in [2.24, 2.45) is 5.84 Å². The highest BCUT2D eigenvalue weighted by Crippen LogP contribution is 2.24. The van der Waals surface area contributed by atoms with Gasteiger partial charge in [0, 0.05) is 18.3 Å². The summed E-state index contributed by atoms with van der Waals surface area (Å²) < 4.78 is 1.90. The Balaban J connectivity index is 2.02. The van der Waals surface area contributed by atoms with Gasteiger partial charge in [-0.25, -0.2) is 5.43 Å². The molecule has 4 heteroatoms. The molecule has 3 rings (SSSR count). The van der Waals surface area contributed by atoms with Crippen LogP contribution in [-0.2, 0) is 6.54 Å². The predicted molar refractivity (Wildman–Crippen MR) is 81.0 cm³/mol. The number of fused-ring (bicyclic) bond motifs is 1. The first-order valence-corrected chi connectivity index (χ1v) is 6.79. The van der Waals surface area contributed by atoms with Crippen LogP contribution in [0.25, 0.3) is 10.8 Å². The van der Waals surface area contributed by atoms with Crippen LogP contribution in [0.1, 0.15) is 24.1 Å². The number of nitrogens with zero attached hydrogens (tertiary/aromatic N) is 2. The van der Waals surface area contributed by atoms with Gasteiger partial charge in [0.05, 0.1) is 12.2 Å². The second-order valence-electron chi connectivity index (χ2n) is 4.84. The fourth-order valence-corrected chi connectivity index (χ4v) is 2.47. The van der Waals surface area contributed by atoms with E-state index in [1.807, 2.05) is 29.2 Å². The zero-order valence-electron chi connectivity index (χ0n) is 11.5. The van der Waals surface area contributed by atoms with E-state index in [1.54, 1.807) is 0 Å². The quantitative estimate of drug-likeness (QED) is 0.564. The summed E-state index contributed by atoms with van der Waals surface area (Å²) in [5.74, 6) is 5.74. The second kappa shape index (κ2) is 5.45. The van der Waals surface area contributed by atoms with E-state index in [-0.39, 0.29) is 6.04 Å². The molecule has 0 saturated heterocycles. The van der Waals surface area contributed by atoms with Gasteiger partial charge in [-0.05, 0) is 29.3 Å². The molecule has 4 nitrogen and oxygen atoms in total. The third-order valence-electron chi connectivity index (χ3n) is 3.58. The lowest BCUT2D eigenvalue weighted by molar-refractivity contribution is 0.630. The fraction of sp³-hybridized carbons (Fsp3) is 0.188. The molecule has 2 aromatic carbocycles. The van der Waals surface area contributed by atoms with Crippen LogP contribution in [0, 0.1) is 0 Å². The van der Waals surface area contributed by atoms with Gasteiger partial charge in [-0.15, -0.1) is 0 Å². The number of nitrogens with two attached hydrogens (primary N) is 1. The lowest BCUT2D eigenvalue weighted by Gasteiger charge is -2.15. The van der Waals surface area contributed by atoms with Crippen molar-refractivity contribution in [1.29, 1.82) is 0 Å². The number of nitrogens with one attached hydrogen (secondary N) is 1. The smallest absolute Gasteiger partial charge is 0.0740 e. The molecule has 102 valence electrons. The van der Waals surface area contributed by atoms with E-state index >= 15 is 0 Å². The Morgan fingerprint density at radius 1 is 1.15 bits per heavy atom. The Morgan fingerprint density at radius 3 is 2.65 bits per heavy atom. The highest BCUT2D eigenvalue weighted by Gasteiger charge is 2.14. The number of hydrogen-bond acceptors (Lipinski definition) is 3. The number of hydrogen-bond donors (Lipinski definition) is 2. The maximum atomic E-state index is 5.74. The number of aryl methyl sites for hydroxylation is 1. The molecule has 0 spiro atoms. The van der Waals surface area contributed by atoms with Crippen molar-refractivity contribution in [1.82, 2.24) is 15.2 Å². The summed E-state index contributed by atoms with van der Waals surface area (Å²) in [6.45, 7) is 2.92. The van der Waals surface area contributed by atoms with Crippen LogP contribution in [0.4, 0.5) is 0 Å². The molecule has 0 bridgehead atoms. The first-order valence-electron chi connectivity index (χ1n) is 6.79. The van der Waals surface area contributed by atoms with Crippen molar-refractivity contribution in [3.05, 3.63) is 66.0 Å². The van der Waals surface area contributed by atoms with E-state index in [0.29, 0.717) is 0 Å². The van der Waals surface area contributed by atoms with Crippen molar-refractivity contribution < 1.29 is 0 Å². The summed E-state index contributed by atoms with van der Waals surface area (Å²) in [4.78, 5) is 0. The van der Waals surface area contributed by atoms with E-state index in [9.17, 15) is 0 Å². The molecule has 1 heterocycles. The van der Waals surface area contributed by atoms with Gasteiger partial charge in [-0.2, -0.15) is 5.10 Å². The molecule has 1 unspecified atom stereocenters. The number of rotatable bonds is 4. The first kappa shape index (κ1) is 12.8. The molecule has 0 radical (unpaired) electrons. The molecule has 0 aliphatic carbocycles. The normalized spacial score (nSPS) is 12.7. The topological polar surface area (TPSA) is 55.9 Å². The molecule has 3 N–H and O–H groups in total.